The fourth-order valence-electron chi connectivity index (χ4n) is 2.71. The number of hydrazine groups is 1. The Morgan fingerprint density at radius 3 is 2.38 bits per heavy atom. The number of nitrogens with one attached hydrogen (secondary N) is 1. The Balaban J connectivity index is 2.30. The lowest BCUT2D eigenvalue weighted by Crippen LogP contribution is -2.53. The first-order chi connectivity index (χ1) is 9.72. The molecule has 0 amide bonds. The van der Waals surface area contributed by atoms with Gasteiger partial charge < -0.3 is 5.73 Å². The first-order valence-corrected chi connectivity index (χ1v) is 8.95. The molecule has 0 aliphatic carbocycles. The number of sulfonamides is 1. The van der Waals surface area contributed by atoms with E-state index in [9.17, 15) is 8.42 Å². The number of benzene rings is 1. The maximum Gasteiger partial charge on any atom is 0.253 e. The predicted octanol–water partition coefficient (Wildman–Crippen LogP) is 2.69. The zero-order valence-electron chi connectivity index (χ0n) is 12.6. The van der Waals surface area contributed by atoms with Crippen LogP contribution in [0.5, 0.6) is 0 Å². The van der Waals surface area contributed by atoms with E-state index in [2.05, 4.69) is 4.83 Å². The summed E-state index contributed by atoms with van der Waals surface area (Å²) >= 11 is 5.99. The Kier molecular flexibility index (Phi) is 4.82. The Hall–Kier alpha value is -0.820. The van der Waals surface area contributed by atoms with Crippen molar-refractivity contribution in [3.63, 3.8) is 0 Å². The van der Waals surface area contributed by atoms with Crippen LogP contribution in [-0.4, -0.2) is 25.5 Å². The summed E-state index contributed by atoms with van der Waals surface area (Å²) in [7, 11) is -3.65. The second-order valence-corrected chi connectivity index (χ2v) is 7.81. The summed E-state index contributed by atoms with van der Waals surface area (Å²) < 4.78 is 25.1. The van der Waals surface area contributed by atoms with Crippen molar-refractivity contribution in [2.24, 2.45) is 0 Å². The van der Waals surface area contributed by atoms with Crippen LogP contribution in [0.1, 0.15) is 38.7 Å². The number of nitrogens with zero attached hydrogens (tertiary/aromatic N) is 1. The summed E-state index contributed by atoms with van der Waals surface area (Å²) in [6, 6.07) is 3.29. The summed E-state index contributed by atoms with van der Waals surface area (Å²) in [5, 5.41) is 2.22. The van der Waals surface area contributed by atoms with Gasteiger partial charge in [0.05, 0.1) is 15.6 Å². The van der Waals surface area contributed by atoms with Gasteiger partial charge in [-0.3, -0.25) is 0 Å². The molecule has 0 bridgehead atoms. The maximum atomic E-state index is 12.6. The highest BCUT2D eigenvalue weighted by atomic mass is 35.5. The number of nitrogens with two attached hydrogens (primary N) is 1. The van der Waals surface area contributed by atoms with Gasteiger partial charge in [-0.2, -0.15) is 0 Å². The minimum atomic E-state index is -3.65. The van der Waals surface area contributed by atoms with E-state index in [1.165, 1.54) is 6.07 Å². The Morgan fingerprint density at radius 1 is 1.29 bits per heavy atom. The van der Waals surface area contributed by atoms with Crippen LogP contribution in [0.4, 0.5) is 5.69 Å². The van der Waals surface area contributed by atoms with Gasteiger partial charge in [0, 0.05) is 12.1 Å². The summed E-state index contributed by atoms with van der Waals surface area (Å²) in [6.45, 7) is 5.79. The van der Waals surface area contributed by atoms with Crippen LogP contribution in [0, 0.1) is 6.92 Å². The molecule has 1 saturated heterocycles. The van der Waals surface area contributed by atoms with Gasteiger partial charge in [-0.25, -0.2) is 13.4 Å². The first kappa shape index (κ1) is 16.5. The van der Waals surface area contributed by atoms with E-state index in [-0.39, 0.29) is 22.7 Å². The van der Waals surface area contributed by atoms with Crippen molar-refractivity contribution in [3.8, 4) is 0 Å². The molecule has 1 aliphatic heterocycles. The molecule has 118 valence electrons. The number of hydrogen-bond acceptors (Lipinski definition) is 4. The standard InChI is InChI=1S/C14H22ClN3O2S/c1-9-7-12(8-13(16)14(9)15)21(19,20)17-18-10(2)5-4-6-11(18)3/h7-8,10-11,17H,4-6,16H2,1-3H3. The molecule has 0 saturated carbocycles. The van der Waals surface area contributed by atoms with Gasteiger partial charge in [-0.1, -0.05) is 18.0 Å². The van der Waals surface area contributed by atoms with Gasteiger partial charge in [-0.15, -0.1) is 4.83 Å². The van der Waals surface area contributed by atoms with E-state index in [1.807, 2.05) is 18.9 Å². The first-order valence-electron chi connectivity index (χ1n) is 7.09. The quantitative estimate of drug-likeness (QED) is 0.835. The molecule has 1 aliphatic rings. The molecule has 2 rings (SSSR count). The average molecular weight is 332 g/mol. The van der Waals surface area contributed by atoms with Gasteiger partial charge in [0.25, 0.3) is 10.0 Å². The van der Waals surface area contributed by atoms with Crippen LogP contribution >= 0.6 is 11.6 Å². The Morgan fingerprint density at radius 2 is 1.86 bits per heavy atom. The highest BCUT2D eigenvalue weighted by Gasteiger charge is 2.29. The van der Waals surface area contributed by atoms with Crippen LogP contribution in [0.15, 0.2) is 17.0 Å². The van der Waals surface area contributed by atoms with Crippen LogP contribution in [0.3, 0.4) is 0 Å². The third-order valence-corrected chi connectivity index (χ3v) is 5.81. The number of rotatable bonds is 3. The lowest BCUT2D eigenvalue weighted by Gasteiger charge is -2.38. The van der Waals surface area contributed by atoms with E-state index in [0.717, 1.165) is 19.3 Å². The molecule has 0 aromatic heterocycles. The van der Waals surface area contributed by atoms with Crippen LogP contribution in [0.25, 0.3) is 0 Å². The third-order valence-electron chi connectivity index (χ3n) is 3.99. The summed E-state index contributed by atoms with van der Waals surface area (Å²) in [5.41, 5.74) is 6.69. The summed E-state index contributed by atoms with van der Waals surface area (Å²) in [6.07, 6.45) is 3.08. The number of aryl methyl sites for hydroxylation is 1. The molecule has 1 fully saturated rings. The van der Waals surface area contributed by atoms with Crippen LogP contribution < -0.4 is 10.6 Å². The third kappa shape index (κ3) is 3.51. The fraction of sp³-hybridized carbons (Fsp3) is 0.571. The molecule has 0 spiro atoms. The van der Waals surface area contributed by atoms with Crippen molar-refractivity contribution in [3.05, 3.63) is 22.7 Å². The van der Waals surface area contributed by atoms with Crippen molar-refractivity contribution in [2.75, 3.05) is 5.73 Å². The van der Waals surface area contributed by atoms with E-state index in [4.69, 9.17) is 17.3 Å². The molecule has 1 aromatic carbocycles. The SMILES string of the molecule is Cc1cc(S(=O)(=O)NN2C(C)CCCC2C)cc(N)c1Cl. The minimum absolute atomic E-state index is 0.145. The molecule has 21 heavy (non-hydrogen) atoms. The molecular weight excluding hydrogens is 310 g/mol. The average Bonchev–Trinajstić information content (AvgIpc) is 2.40. The zero-order chi connectivity index (χ0) is 15.8. The highest BCUT2D eigenvalue weighted by molar-refractivity contribution is 7.89. The highest BCUT2D eigenvalue weighted by Crippen LogP contribution is 2.28. The normalized spacial score (nSPS) is 24.2. The van der Waals surface area contributed by atoms with Crippen molar-refractivity contribution in [1.29, 1.82) is 0 Å². The van der Waals surface area contributed by atoms with Gasteiger partial charge in [0.1, 0.15) is 0 Å². The number of hydrogen-bond donors (Lipinski definition) is 2. The van der Waals surface area contributed by atoms with Gasteiger partial charge in [0.15, 0.2) is 0 Å². The predicted molar refractivity (Wildman–Crippen MR) is 85.5 cm³/mol. The largest absolute Gasteiger partial charge is 0.397 e. The zero-order valence-corrected chi connectivity index (χ0v) is 14.1. The lowest BCUT2D eigenvalue weighted by atomic mass is 10.0. The number of halogens is 1. The van der Waals surface area contributed by atoms with E-state index in [1.54, 1.807) is 13.0 Å². The Bertz CT molecular complexity index is 600. The summed E-state index contributed by atoms with van der Waals surface area (Å²) in [4.78, 5) is 2.84. The van der Waals surface area contributed by atoms with E-state index in [0.29, 0.717) is 10.6 Å². The lowest BCUT2D eigenvalue weighted by molar-refractivity contribution is 0.0790. The van der Waals surface area contributed by atoms with E-state index >= 15 is 0 Å². The molecule has 0 radical (unpaired) electrons. The second-order valence-electron chi connectivity index (χ2n) is 5.77. The van der Waals surface area contributed by atoms with Gasteiger partial charge in [0.2, 0.25) is 0 Å². The molecule has 2 atom stereocenters. The molecule has 2 unspecified atom stereocenters. The molecule has 1 heterocycles. The molecular formula is C14H22ClN3O2S. The monoisotopic (exact) mass is 331 g/mol. The number of piperidine rings is 1. The van der Waals surface area contributed by atoms with Crippen molar-refractivity contribution in [1.82, 2.24) is 9.84 Å². The van der Waals surface area contributed by atoms with Crippen molar-refractivity contribution >= 4 is 27.3 Å². The number of anilines is 1. The fourth-order valence-corrected chi connectivity index (χ4v) is 4.18. The Labute approximate surface area is 131 Å². The minimum Gasteiger partial charge on any atom is -0.397 e. The second kappa shape index (κ2) is 6.12. The summed E-state index contributed by atoms with van der Waals surface area (Å²) in [5.74, 6) is 0. The van der Waals surface area contributed by atoms with Gasteiger partial charge in [-0.05, 0) is 51.3 Å². The number of nitrogen functional groups attached to an aromatic ring is 1. The van der Waals surface area contributed by atoms with E-state index < -0.39 is 10.0 Å². The van der Waals surface area contributed by atoms with Crippen LogP contribution in [-0.2, 0) is 10.0 Å². The van der Waals surface area contributed by atoms with Crippen molar-refractivity contribution < 1.29 is 8.42 Å². The van der Waals surface area contributed by atoms with Crippen molar-refractivity contribution in [2.45, 2.75) is 57.0 Å². The van der Waals surface area contributed by atoms with Crippen LogP contribution in [0.2, 0.25) is 5.02 Å². The molecule has 1 aromatic rings. The van der Waals surface area contributed by atoms with Gasteiger partial charge >= 0.3 is 0 Å². The molecule has 3 N–H and O–H groups in total. The molecule has 7 heteroatoms. The molecule has 5 nitrogen and oxygen atoms in total. The topological polar surface area (TPSA) is 75.4 Å². The maximum absolute atomic E-state index is 12.6. The smallest absolute Gasteiger partial charge is 0.253 e.